The predicted octanol–water partition coefficient (Wildman–Crippen LogP) is -0.784. The molecule has 0 saturated heterocycles. The zero-order chi connectivity index (χ0) is 11.9. The summed E-state index contributed by atoms with van der Waals surface area (Å²) in [5, 5.41) is 10.2. The topological polar surface area (TPSA) is 77.4 Å². The van der Waals surface area contributed by atoms with Crippen LogP contribution in [0.25, 0.3) is 10.8 Å². The molecule has 0 aliphatic rings. The SMILES string of the molecule is O=S(=O)([O-])c1c(O)ccc2cc(Br)ccc12.[Na+]. The summed E-state index contributed by atoms with van der Waals surface area (Å²) in [7, 11) is -4.69. The number of rotatable bonds is 1. The fraction of sp³-hybridized carbons (Fsp3) is 0. The van der Waals surface area contributed by atoms with Crippen molar-refractivity contribution in [1.29, 1.82) is 0 Å². The van der Waals surface area contributed by atoms with E-state index in [0.717, 1.165) is 4.47 Å². The first-order chi connectivity index (χ1) is 7.39. The third kappa shape index (κ3) is 3.01. The van der Waals surface area contributed by atoms with Crippen molar-refractivity contribution in [3.8, 4) is 5.75 Å². The summed E-state index contributed by atoms with van der Waals surface area (Å²) in [5.41, 5.74) is 0. The summed E-state index contributed by atoms with van der Waals surface area (Å²) in [6.45, 7) is 0. The molecule has 0 atom stereocenters. The molecule has 2 aromatic carbocycles. The smallest absolute Gasteiger partial charge is 0.744 e. The molecule has 17 heavy (non-hydrogen) atoms. The molecule has 2 rings (SSSR count). The largest absolute Gasteiger partial charge is 1.00 e. The van der Waals surface area contributed by atoms with Gasteiger partial charge in [0.1, 0.15) is 20.8 Å². The maximum absolute atomic E-state index is 11.0. The van der Waals surface area contributed by atoms with Gasteiger partial charge in [-0.1, -0.05) is 28.1 Å². The van der Waals surface area contributed by atoms with E-state index >= 15 is 0 Å². The van der Waals surface area contributed by atoms with Crippen LogP contribution in [0.5, 0.6) is 5.75 Å². The number of hydrogen-bond acceptors (Lipinski definition) is 4. The van der Waals surface area contributed by atoms with Gasteiger partial charge in [0.2, 0.25) is 0 Å². The van der Waals surface area contributed by atoms with E-state index in [4.69, 9.17) is 0 Å². The van der Waals surface area contributed by atoms with Crippen molar-refractivity contribution in [3.63, 3.8) is 0 Å². The Labute approximate surface area is 129 Å². The third-order valence-electron chi connectivity index (χ3n) is 2.16. The Kier molecular flexibility index (Phi) is 4.62. The van der Waals surface area contributed by atoms with Crippen LogP contribution < -0.4 is 29.6 Å². The van der Waals surface area contributed by atoms with E-state index in [1.165, 1.54) is 12.1 Å². The third-order valence-corrected chi connectivity index (χ3v) is 3.58. The summed E-state index contributed by atoms with van der Waals surface area (Å²) in [6.07, 6.45) is 0. The number of benzene rings is 2. The van der Waals surface area contributed by atoms with Gasteiger partial charge in [-0.3, -0.25) is 0 Å². The average molecular weight is 325 g/mol. The van der Waals surface area contributed by atoms with Crippen LogP contribution in [-0.2, 0) is 10.1 Å². The summed E-state index contributed by atoms with van der Waals surface area (Å²) < 4.78 is 33.8. The average Bonchev–Trinajstić information content (AvgIpc) is 2.16. The number of aromatic hydroxyl groups is 1. The molecule has 0 unspecified atom stereocenters. The van der Waals surface area contributed by atoms with Crippen LogP contribution in [0.15, 0.2) is 39.7 Å². The first-order valence-electron chi connectivity index (χ1n) is 4.27. The fourth-order valence-corrected chi connectivity index (χ4v) is 2.68. The monoisotopic (exact) mass is 324 g/mol. The Morgan fingerprint density at radius 3 is 2.41 bits per heavy atom. The van der Waals surface area contributed by atoms with E-state index in [0.29, 0.717) is 5.39 Å². The number of phenols is 1. The van der Waals surface area contributed by atoms with Crippen molar-refractivity contribution in [1.82, 2.24) is 0 Å². The predicted molar refractivity (Wildman–Crippen MR) is 61.3 cm³/mol. The van der Waals surface area contributed by atoms with Gasteiger partial charge in [0, 0.05) is 9.86 Å². The van der Waals surface area contributed by atoms with Crippen molar-refractivity contribution in [3.05, 3.63) is 34.8 Å². The molecule has 0 aromatic heterocycles. The maximum Gasteiger partial charge on any atom is 1.00 e. The van der Waals surface area contributed by atoms with E-state index in [9.17, 15) is 18.1 Å². The quantitative estimate of drug-likeness (QED) is 0.551. The van der Waals surface area contributed by atoms with Crippen molar-refractivity contribution in [2.24, 2.45) is 0 Å². The van der Waals surface area contributed by atoms with Gasteiger partial charge in [0.25, 0.3) is 0 Å². The second-order valence-electron chi connectivity index (χ2n) is 3.23. The minimum absolute atomic E-state index is 0. The Morgan fingerprint density at radius 1 is 1.18 bits per heavy atom. The molecule has 0 amide bonds. The van der Waals surface area contributed by atoms with Crippen LogP contribution in [0.4, 0.5) is 0 Å². The van der Waals surface area contributed by atoms with Gasteiger partial charge in [-0.15, -0.1) is 0 Å². The van der Waals surface area contributed by atoms with Gasteiger partial charge < -0.3 is 9.66 Å². The van der Waals surface area contributed by atoms with E-state index in [1.54, 1.807) is 18.2 Å². The van der Waals surface area contributed by atoms with Gasteiger partial charge in [0.15, 0.2) is 0 Å². The van der Waals surface area contributed by atoms with Gasteiger partial charge >= 0.3 is 29.6 Å². The second kappa shape index (κ2) is 5.26. The molecule has 0 spiro atoms. The van der Waals surface area contributed by atoms with E-state index in [2.05, 4.69) is 15.9 Å². The summed E-state index contributed by atoms with van der Waals surface area (Å²) in [4.78, 5) is -0.572. The van der Waals surface area contributed by atoms with Crippen molar-refractivity contribution >= 4 is 36.8 Å². The summed E-state index contributed by atoms with van der Waals surface area (Å²) in [5.74, 6) is -0.523. The number of phenolic OH excluding ortho intramolecular Hbond substituents is 1. The zero-order valence-corrected chi connectivity index (χ0v) is 13.2. The normalized spacial score (nSPS) is 11.2. The van der Waals surface area contributed by atoms with E-state index < -0.39 is 20.8 Å². The maximum atomic E-state index is 11.0. The molecule has 7 heteroatoms. The van der Waals surface area contributed by atoms with Crippen molar-refractivity contribution in [2.75, 3.05) is 0 Å². The number of hydrogen-bond donors (Lipinski definition) is 1. The van der Waals surface area contributed by atoms with E-state index in [1.807, 2.05) is 0 Å². The Balaban J connectivity index is 0.00000144. The van der Waals surface area contributed by atoms with E-state index in [-0.39, 0.29) is 34.9 Å². The summed E-state index contributed by atoms with van der Waals surface area (Å²) in [6, 6.07) is 7.49. The molecule has 0 heterocycles. The van der Waals surface area contributed by atoms with Crippen LogP contribution in [0.2, 0.25) is 0 Å². The summed E-state index contributed by atoms with van der Waals surface area (Å²) >= 11 is 3.24. The molecule has 0 bridgehead atoms. The van der Waals surface area contributed by atoms with Crippen molar-refractivity contribution < 1.29 is 47.6 Å². The number of fused-ring (bicyclic) bond motifs is 1. The van der Waals surface area contributed by atoms with Crippen LogP contribution in [0.1, 0.15) is 0 Å². The fourth-order valence-electron chi connectivity index (χ4n) is 1.52. The Hall–Kier alpha value is -0.110. The molecule has 0 aliphatic heterocycles. The minimum Gasteiger partial charge on any atom is -0.744 e. The number of halogens is 1. The second-order valence-corrected chi connectivity index (χ2v) is 5.47. The minimum atomic E-state index is -4.69. The van der Waals surface area contributed by atoms with Gasteiger partial charge in [-0.25, -0.2) is 8.42 Å². The standard InChI is InChI=1S/C10H7BrO4S.Na/c11-7-2-3-8-6(5-7)1-4-9(12)10(8)16(13,14)15;/h1-5,12H,(H,13,14,15);/q;+1/p-1. The van der Waals surface area contributed by atoms with Gasteiger partial charge in [-0.2, -0.15) is 0 Å². The molecule has 0 radical (unpaired) electrons. The Bertz CT molecular complexity index is 669. The molecule has 4 nitrogen and oxygen atoms in total. The van der Waals surface area contributed by atoms with Crippen molar-refractivity contribution in [2.45, 2.75) is 4.90 Å². The molecule has 84 valence electrons. The molecule has 1 N–H and O–H groups in total. The van der Waals surface area contributed by atoms with Crippen LogP contribution >= 0.6 is 15.9 Å². The first-order valence-corrected chi connectivity index (χ1v) is 6.47. The first kappa shape index (κ1) is 14.9. The van der Waals surface area contributed by atoms with Crippen LogP contribution in [0, 0.1) is 0 Å². The van der Waals surface area contributed by atoms with Gasteiger partial charge in [0.05, 0.1) is 0 Å². The van der Waals surface area contributed by atoms with Crippen LogP contribution in [0.3, 0.4) is 0 Å². The molecule has 0 saturated carbocycles. The zero-order valence-electron chi connectivity index (χ0n) is 8.84. The van der Waals surface area contributed by atoms with Crippen LogP contribution in [-0.4, -0.2) is 18.1 Å². The molecule has 2 aromatic rings. The molecular weight excluding hydrogens is 319 g/mol. The molecular formula is C10H6BrNaO4S. The molecule has 0 aliphatic carbocycles. The van der Waals surface area contributed by atoms with Gasteiger partial charge in [-0.05, 0) is 23.6 Å². The Morgan fingerprint density at radius 2 is 1.82 bits per heavy atom. The molecule has 0 fully saturated rings.